The van der Waals surface area contributed by atoms with E-state index in [1.807, 2.05) is 0 Å². The Kier molecular flexibility index (Phi) is 4.85. The molecule has 0 bridgehead atoms. The third-order valence-corrected chi connectivity index (χ3v) is 2.92. The van der Waals surface area contributed by atoms with Gasteiger partial charge in [0, 0.05) is 22.9 Å². The van der Waals surface area contributed by atoms with E-state index in [-0.39, 0.29) is 5.69 Å². The molecule has 0 heterocycles. The molecule has 0 atom stereocenters. The summed E-state index contributed by atoms with van der Waals surface area (Å²) >= 11 is 5.82. The Morgan fingerprint density at radius 3 is 2.73 bits per heavy atom. The summed E-state index contributed by atoms with van der Waals surface area (Å²) in [5, 5.41) is 13.6. The molecule has 1 amide bonds. The lowest BCUT2D eigenvalue weighted by Crippen LogP contribution is -2.08. The van der Waals surface area contributed by atoms with Crippen LogP contribution in [0.2, 0.25) is 5.02 Å². The Bertz CT molecular complexity index is 762. The number of carbonyl (C=O) groups excluding carboxylic acids is 1. The van der Waals surface area contributed by atoms with Gasteiger partial charge in [0.2, 0.25) is 11.7 Å². The summed E-state index contributed by atoms with van der Waals surface area (Å²) in [5.74, 6) is -1.46. The van der Waals surface area contributed by atoms with Crippen molar-refractivity contribution in [2.45, 2.75) is 0 Å². The lowest BCUT2D eigenvalue weighted by Gasteiger charge is -2.02. The van der Waals surface area contributed by atoms with Crippen LogP contribution in [0.4, 0.5) is 15.8 Å². The highest BCUT2D eigenvalue weighted by Crippen LogP contribution is 2.21. The van der Waals surface area contributed by atoms with Crippen LogP contribution in [0.1, 0.15) is 5.56 Å². The van der Waals surface area contributed by atoms with Gasteiger partial charge in [0.1, 0.15) is 0 Å². The van der Waals surface area contributed by atoms with Crippen LogP contribution in [-0.2, 0) is 4.79 Å². The summed E-state index contributed by atoms with van der Waals surface area (Å²) in [4.78, 5) is 21.5. The van der Waals surface area contributed by atoms with Crippen LogP contribution in [0.15, 0.2) is 48.5 Å². The van der Waals surface area contributed by atoms with Crippen molar-refractivity contribution in [2.24, 2.45) is 0 Å². The molecule has 2 rings (SSSR count). The van der Waals surface area contributed by atoms with Gasteiger partial charge in [-0.05, 0) is 35.9 Å². The zero-order valence-corrected chi connectivity index (χ0v) is 11.9. The number of benzene rings is 2. The molecule has 7 heteroatoms. The number of hydrogen-bond acceptors (Lipinski definition) is 3. The smallest absolute Gasteiger partial charge is 0.306 e. The molecule has 112 valence electrons. The Balaban J connectivity index is 2.09. The largest absolute Gasteiger partial charge is 0.322 e. The van der Waals surface area contributed by atoms with Gasteiger partial charge in [-0.3, -0.25) is 14.9 Å². The summed E-state index contributed by atoms with van der Waals surface area (Å²) in [7, 11) is 0. The van der Waals surface area contributed by atoms with E-state index in [2.05, 4.69) is 5.32 Å². The second-order valence-electron chi connectivity index (χ2n) is 4.30. The van der Waals surface area contributed by atoms with Crippen molar-refractivity contribution in [1.82, 2.24) is 0 Å². The van der Waals surface area contributed by atoms with Gasteiger partial charge in [0.05, 0.1) is 4.92 Å². The molecule has 0 saturated heterocycles. The number of nitro benzene ring substituents is 1. The average molecular weight is 321 g/mol. The Morgan fingerprint density at radius 2 is 2.05 bits per heavy atom. The molecule has 5 nitrogen and oxygen atoms in total. The van der Waals surface area contributed by atoms with E-state index in [0.29, 0.717) is 5.02 Å². The molecule has 0 fully saturated rings. The molecule has 0 radical (unpaired) electrons. The summed E-state index contributed by atoms with van der Waals surface area (Å²) < 4.78 is 13.2. The third kappa shape index (κ3) is 4.13. The minimum Gasteiger partial charge on any atom is -0.322 e. The van der Waals surface area contributed by atoms with Gasteiger partial charge < -0.3 is 5.32 Å². The number of amides is 1. The molecule has 0 saturated carbocycles. The monoisotopic (exact) mass is 320 g/mol. The standard InChI is InChI=1S/C15H10ClFN2O3/c16-11-3-1-2-10(8-11)4-7-15(20)18-12-5-6-13(17)14(9-12)19(21)22/h1-9H,(H,18,20). The van der Waals surface area contributed by atoms with Crippen LogP contribution in [0.5, 0.6) is 0 Å². The Hall–Kier alpha value is -2.73. The van der Waals surface area contributed by atoms with E-state index in [1.165, 1.54) is 12.1 Å². The first-order valence-corrected chi connectivity index (χ1v) is 6.52. The number of nitrogens with one attached hydrogen (secondary N) is 1. The maximum atomic E-state index is 13.2. The topological polar surface area (TPSA) is 72.2 Å². The molecule has 0 aliphatic heterocycles. The first kappa shape index (κ1) is 15.7. The Labute approximate surface area is 130 Å². The molecular formula is C15H10ClFN2O3. The molecule has 0 unspecified atom stereocenters. The van der Waals surface area contributed by atoms with Gasteiger partial charge >= 0.3 is 5.69 Å². The van der Waals surface area contributed by atoms with Crippen LogP contribution in [0, 0.1) is 15.9 Å². The predicted molar refractivity (Wildman–Crippen MR) is 82.2 cm³/mol. The van der Waals surface area contributed by atoms with Crippen LogP contribution < -0.4 is 5.32 Å². The summed E-state index contributed by atoms with van der Waals surface area (Å²) in [5.41, 5.74) is 0.165. The van der Waals surface area contributed by atoms with Gasteiger partial charge in [0.15, 0.2) is 0 Å². The lowest BCUT2D eigenvalue weighted by atomic mass is 10.2. The fraction of sp³-hybridized carbons (Fsp3) is 0. The van der Waals surface area contributed by atoms with Crippen molar-refractivity contribution in [3.63, 3.8) is 0 Å². The van der Waals surface area contributed by atoms with Gasteiger partial charge in [-0.2, -0.15) is 4.39 Å². The molecule has 0 aromatic heterocycles. The minimum atomic E-state index is -0.961. The third-order valence-electron chi connectivity index (χ3n) is 2.69. The van der Waals surface area contributed by atoms with Crippen molar-refractivity contribution in [3.8, 4) is 0 Å². The van der Waals surface area contributed by atoms with Gasteiger partial charge in [-0.25, -0.2) is 0 Å². The van der Waals surface area contributed by atoms with E-state index in [0.717, 1.165) is 17.7 Å². The van der Waals surface area contributed by atoms with Crippen LogP contribution in [0.3, 0.4) is 0 Å². The van der Waals surface area contributed by atoms with Crippen molar-refractivity contribution in [2.75, 3.05) is 5.32 Å². The molecular weight excluding hydrogens is 311 g/mol. The zero-order valence-electron chi connectivity index (χ0n) is 11.1. The van der Waals surface area contributed by atoms with Crippen LogP contribution in [0.25, 0.3) is 6.08 Å². The summed E-state index contributed by atoms with van der Waals surface area (Å²) in [6.07, 6.45) is 2.79. The van der Waals surface area contributed by atoms with Gasteiger partial charge in [-0.1, -0.05) is 23.7 Å². The van der Waals surface area contributed by atoms with Gasteiger partial charge in [-0.15, -0.1) is 0 Å². The number of halogens is 2. The van der Waals surface area contributed by atoms with E-state index >= 15 is 0 Å². The van der Waals surface area contributed by atoms with E-state index < -0.39 is 22.3 Å². The molecule has 0 aliphatic rings. The molecule has 0 aliphatic carbocycles. The summed E-state index contributed by atoms with van der Waals surface area (Å²) in [6.45, 7) is 0. The fourth-order valence-corrected chi connectivity index (χ4v) is 1.90. The normalized spacial score (nSPS) is 10.6. The number of anilines is 1. The predicted octanol–water partition coefficient (Wildman–Crippen LogP) is 4.04. The molecule has 1 N–H and O–H groups in total. The number of carbonyl (C=O) groups is 1. The fourth-order valence-electron chi connectivity index (χ4n) is 1.70. The second-order valence-corrected chi connectivity index (χ2v) is 4.74. The first-order valence-electron chi connectivity index (χ1n) is 6.14. The van der Waals surface area contributed by atoms with Crippen LogP contribution in [-0.4, -0.2) is 10.8 Å². The summed E-state index contributed by atoms with van der Waals surface area (Å²) in [6, 6.07) is 10.0. The highest BCUT2D eigenvalue weighted by molar-refractivity contribution is 6.30. The SMILES string of the molecule is O=C(C=Cc1cccc(Cl)c1)Nc1ccc(F)c([N+](=O)[O-])c1. The second kappa shape index (κ2) is 6.82. The van der Waals surface area contributed by atoms with Crippen molar-refractivity contribution in [1.29, 1.82) is 0 Å². The van der Waals surface area contributed by atoms with Crippen LogP contribution >= 0.6 is 11.6 Å². The molecule has 2 aromatic rings. The number of nitrogens with zero attached hydrogens (tertiary/aromatic N) is 1. The molecule has 0 spiro atoms. The van der Waals surface area contributed by atoms with Crippen molar-refractivity contribution >= 4 is 35.0 Å². The van der Waals surface area contributed by atoms with E-state index in [1.54, 1.807) is 30.3 Å². The van der Waals surface area contributed by atoms with Gasteiger partial charge in [0.25, 0.3) is 0 Å². The highest BCUT2D eigenvalue weighted by atomic mass is 35.5. The number of rotatable bonds is 4. The van der Waals surface area contributed by atoms with Crippen molar-refractivity contribution in [3.05, 3.63) is 75.1 Å². The maximum absolute atomic E-state index is 13.2. The average Bonchev–Trinajstić information content (AvgIpc) is 2.47. The quantitative estimate of drug-likeness (QED) is 0.525. The lowest BCUT2D eigenvalue weighted by molar-refractivity contribution is -0.387. The van der Waals surface area contributed by atoms with E-state index in [4.69, 9.17) is 11.6 Å². The zero-order chi connectivity index (χ0) is 16.1. The Morgan fingerprint density at radius 1 is 1.27 bits per heavy atom. The highest BCUT2D eigenvalue weighted by Gasteiger charge is 2.14. The molecule has 2 aromatic carbocycles. The number of nitro groups is 1. The maximum Gasteiger partial charge on any atom is 0.306 e. The molecule has 22 heavy (non-hydrogen) atoms. The number of hydrogen-bond donors (Lipinski definition) is 1. The first-order chi connectivity index (χ1) is 10.5. The minimum absolute atomic E-state index is 0.133. The van der Waals surface area contributed by atoms with E-state index in [9.17, 15) is 19.3 Å². The van der Waals surface area contributed by atoms with Crippen molar-refractivity contribution < 1.29 is 14.1 Å².